The van der Waals surface area contributed by atoms with Crippen LogP contribution in [0.2, 0.25) is 0 Å². The first kappa shape index (κ1) is 14.8. The van der Waals surface area contributed by atoms with Crippen molar-refractivity contribution in [3.05, 3.63) is 66.1 Å². The maximum absolute atomic E-state index is 12.0. The van der Waals surface area contributed by atoms with E-state index in [4.69, 9.17) is 4.42 Å². The molecule has 5 nitrogen and oxygen atoms in total. The molecule has 0 radical (unpaired) electrons. The summed E-state index contributed by atoms with van der Waals surface area (Å²) in [6.07, 6.45) is 1.44. The molecule has 116 valence electrons. The van der Waals surface area contributed by atoms with Gasteiger partial charge in [0.05, 0.1) is 18.4 Å². The van der Waals surface area contributed by atoms with Crippen molar-refractivity contribution in [2.75, 3.05) is 11.9 Å². The summed E-state index contributed by atoms with van der Waals surface area (Å²) in [6.45, 7) is 1.60. The van der Waals surface area contributed by atoms with Crippen molar-refractivity contribution in [3.8, 4) is 0 Å². The quantitative estimate of drug-likeness (QED) is 0.778. The summed E-state index contributed by atoms with van der Waals surface area (Å²) in [7, 11) is 0. The number of anilines is 1. The molecule has 0 saturated heterocycles. The van der Waals surface area contributed by atoms with Crippen molar-refractivity contribution >= 4 is 28.3 Å². The molecule has 0 saturated carbocycles. The molecule has 2 amide bonds. The van der Waals surface area contributed by atoms with Gasteiger partial charge in [0.15, 0.2) is 0 Å². The lowest BCUT2D eigenvalue weighted by Gasteiger charge is -2.07. The standard InChI is InChI=1S/C18H16N2O3/c1-12-16(8-9-23-12)18(22)19-11-17(21)20-15-7-6-13-4-2-3-5-14(13)10-15/h2-10H,11H2,1H3,(H,19,22)(H,20,21). The van der Waals surface area contributed by atoms with Crippen molar-refractivity contribution in [1.29, 1.82) is 0 Å². The molecule has 3 aromatic rings. The van der Waals surface area contributed by atoms with E-state index in [-0.39, 0.29) is 18.4 Å². The Morgan fingerprint density at radius 1 is 1.04 bits per heavy atom. The third-order valence-corrected chi connectivity index (χ3v) is 3.55. The highest BCUT2D eigenvalue weighted by atomic mass is 16.3. The summed E-state index contributed by atoms with van der Waals surface area (Å²) in [5.41, 5.74) is 1.13. The van der Waals surface area contributed by atoms with Gasteiger partial charge in [-0.1, -0.05) is 30.3 Å². The summed E-state index contributed by atoms with van der Waals surface area (Å²) in [5.74, 6) is -0.0860. The Kier molecular flexibility index (Phi) is 4.10. The van der Waals surface area contributed by atoms with Crippen LogP contribution in [-0.2, 0) is 4.79 Å². The fraction of sp³-hybridized carbons (Fsp3) is 0.111. The molecule has 0 aliphatic carbocycles. The fourth-order valence-electron chi connectivity index (χ4n) is 2.35. The minimum Gasteiger partial charge on any atom is -0.469 e. The molecular formula is C18H16N2O3. The number of fused-ring (bicyclic) bond motifs is 1. The second kappa shape index (κ2) is 6.36. The third-order valence-electron chi connectivity index (χ3n) is 3.55. The zero-order valence-corrected chi connectivity index (χ0v) is 12.6. The fourth-order valence-corrected chi connectivity index (χ4v) is 2.35. The first-order valence-electron chi connectivity index (χ1n) is 7.24. The van der Waals surface area contributed by atoms with Crippen LogP contribution in [-0.4, -0.2) is 18.4 Å². The second-order valence-electron chi connectivity index (χ2n) is 5.18. The Bertz CT molecular complexity index is 867. The average Bonchev–Trinajstić information content (AvgIpc) is 2.98. The van der Waals surface area contributed by atoms with E-state index >= 15 is 0 Å². The largest absolute Gasteiger partial charge is 0.469 e. The number of aryl methyl sites for hydroxylation is 1. The van der Waals surface area contributed by atoms with Gasteiger partial charge in [-0.2, -0.15) is 0 Å². The summed E-state index contributed by atoms with van der Waals surface area (Å²) < 4.78 is 5.07. The predicted octanol–water partition coefficient (Wildman–Crippen LogP) is 3.11. The van der Waals surface area contributed by atoms with Gasteiger partial charge in [0.2, 0.25) is 5.91 Å². The monoisotopic (exact) mass is 308 g/mol. The molecule has 2 aromatic carbocycles. The highest BCUT2D eigenvalue weighted by molar-refractivity contribution is 6.00. The smallest absolute Gasteiger partial charge is 0.255 e. The minimum atomic E-state index is -0.329. The Balaban J connectivity index is 1.60. The van der Waals surface area contributed by atoms with Gasteiger partial charge in [0, 0.05) is 5.69 Å². The summed E-state index contributed by atoms with van der Waals surface area (Å²) >= 11 is 0. The van der Waals surface area contributed by atoms with Gasteiger partial charge in [0.25, 0.3) is 5.91 Å². The number of nitrogens with one attached hydrogen (secondary N) is 2. The Hall–Kier alpha value is -3.08. The van der Waals surface area contributed by atoms with Gasteiger partial charge in [-0.15, -0.1) is 0 Å². The molecule has 0 aliphatic heterocycles. The molecule has 1 aromatic heterocycles. The van der Waals surface area contributed by atoms with Gasteiger partial charge < -0.3 is 15.1 Å². The molecule has 0 atom stereocenters. The number of amides is 2. The SMILES string of the molecule is Cc1occc1C(=O)NCC(=O)Nc1ccc2ccccc2c1. The number of furan rings is 1. The van der Waals surface area contributed by atoms with Crippen molar-refractivity contribution in [2.45, 2.75) is 6.92 Å². The van der Waals surface area contributed by atoms with Gasteiger partial charge in [0.1, 0.15) is 5.76 Å². The zero-order chi connectivity index (χ0) is 16.2. The highest BCUT2D eigenvalue weighted by Crippen LogP contribution is 2.18. The Labute approximate surface area is 133 Å². The Morgan fingerprint density at radius 2 is 1.83 bits per heavy atom. The minimum absolute atomic E-state index is 0.101. The maximum atomic E-state index is 12.0. The molecule has 1 heterocycles. The van der Waals surface area contributed by atoms with Crippen LogP contribution in [0.3, 0.4) is 0 Å². The van der Waals surface area contributed by atoms with E-state index in [1.807, 2.05) is 42.5 Å². The molecular weight excluding hydrogens is 292 g/mol. The molecule has 0 fully saturated rings. The van der Waals surface area contributed by atoms with E-state index in [0.717, 1.165) is 10.8 Å². The molecule has 5 heteroatoms. The molecule has 3 rings (SSSR count). The number of carbonyl (C=O) groups is 2. The average molecular weight is 308 g/mol. The molecule has 0 bridgehead atoms. The van der Waals surface area contributed by atoms with Gasteiger partial charge >= 0.3 is 0 Å². The number of rotatable bonds is 4. The summed E-state index contributed by atoms with van der Waals surface area (Å²) in [5, 5.41) is 7.49. The topological polar surface area (TPSA) is 71.3 Å². The first-order valence-corrected chi connectivity index (χ1v) is 7.24. The van der Waals surface area contributed by atoms with Crippen LogP contribution < -0.4 is 10.6 Å². The van der Waals surface area contributed by atoms with Gasteiger partial charge in [-0.25, -0.2) is 0 Å². The third kappa shape index (κ3) is 3.40. The Morgan fingerprint density at radius 3 is 2.57 bits per heavy atom. The van der Waals surface area contributed by atoms with Crippen LogP contribution in [0.1, 0.15) is 16.1 Å². The van der Waals surface area contributed by atoms with Gasteiger partial charge in [-0.05, 0) is 35.9 Å². The van der Waals surface area contributed by atoms with Crippen LogP contribution in [0.15, 0.2) is 59.2 Å². The summed E-state index contributed by atoms with van der Waals surface area (Å²) in [6, 6.07) is 15.2. The van der Waals surface area contributed by atoms with E-state index in [9.17, 15) is 9.59 Å². The maximum Gasteiger partial charge on any atom is 0.255 e. The molecule has 2 N–H and O–H groups in total. The van der Waals surface area contributed by atoms with Crippen LogP contribution in [0, 0.1) is 6.92 Å². The molecule has 0 aliphatic rings. The molecule has 0 spiro atoms. The second-order valence-corrected chi connectivity index (χ2v) is 5.18. The normalized spacial score (nSPS) is 10.5. The highest BCUT2D eigenvalue weighted by Gasteiger charge is 2.12. The lowest BCUT2D eigenvalue weighted by Crippen LogP contribution is -2.32. The number of hydrogen-bond acceptors (Lipinski definition) is 3. The van der Waals surface area contributed by atoms with Crippen molar-refractivity contribution in [2.24, 2.45) is 0 Å². The number of hydrogen-bond donors (Lipinski definition) is 2. The van der Waals surface area contributed by atoms with E-state index < -0.39 is 0 Å². The lowest BCUT2D eigenvalue weighted by atomic mass is 10.1. The van der Waals surface area contributed by atoms with Crippen molar-refractivity contribution in [1.82, 2.24) is 5.32 Å². The first-order chi connectivity index (χ1) is 11.1. The zero-order valence-electron chi connectivity index (χ0n) is 12.6. The van der Waals surface area contributed by atoms with E-state index in [1.54, 1.807) is 13.0 Å². The number of carbonyl (C=O) groups excluding carboxylic acids is 2. The van der Waals surface area contributed by atoms with Crippen LogP contribution in [0.5, 0.6) is 0 Å². The van der Waals surface area contributed by atoms with Crippen LogP contribution in [0.4, 0.5) is 5.69 Å². The van der Waals surface area contributed by atoms with E-state index in [0.29, 0.717) is 17.0 Å². The van der Waals surface area contributed by atoms with E-state index in [2.05, 4.69) is 10.6 Å². The van der Waals surface area contributed by atoms with E-state index in [1.165, 1.54) is 6.26 Å². The predicted molar refractivity (Wildman–Crippen MR) is 88.4 cm³/mol. The van der Waals surface area contributed by atoms with Crippen molar-refractivity contribution in [3.63, 3.8) is 0 Å². The van der Waals surface area contributed by atoms with Gasteiger partial charge in [-0.3, -0.25) is 9.59 Å². The molecule has 23 heavy (non-hydrogen) atoms. The molecule has 0 unspecified atom stereocenters. The van der Waals surface area contributed by atoms with Crippen LogP contribution >= 0.6 is 0 Å². The summed E-state index contributed by atoms with van der Waals surface area (Å²) in [4.78, 5) is 23.9. The lowest BCUT2D eigenvalue weighted by molar-refractivity contribution is -0.115. The number of benzene rings is 2. The van der Waals surface area contributed by atoms with Crippen LogP contribution in [0.25, 0.3) is 10.8 Å². The van der Waals surface area contributed by atoms with Crippen molar-refractivity contribution < 1.29 is 14.0 Å².